The van der Waals surface area contributed by atoms with Crippen LogP contribution < -0.4 is 5.32 Å². The van der Waals surface area contributed by atoms with E-state index < -0.39 is 11.7 Å². The van der Waals surface area contributed by atoms with E-state index in [1.165, 1.54) is 6.07 Å². The van der Waals surface area contributed by atoms with Crippen molar-refractivity contribution in [3.63, 3.8) is 0 Å². The summed E-state index contributed by atoms with van der Waals surface area (Å²) in [5.74, 6) is 0. The quantitative estimate of drug-likeness (QED) is 0.899. The summed E-state index contributed by atoms with van der Waals surface area (Å²) in [4.78, 5) is 3.90. The zero-order valence-corrected chi connectivity index (χ0v) is 9.28. The maximum Gasteiger partial charge on any atom is 0.416 e. The van der Waals surface area contributed by atoms with Crippen LogP contribution in [0.15, 0.2) is 48.8 Å². The fraction of sp³-hybridized carbons (Fsp3) is 0.0769. The highest BCUT2D eigenvalue weighted by molar-refractivity contribution is 5.49. The lowest BCUT2D eigenvalue weighted by molar-refractivity contribution is -0.137. The fourth-order valence-corrected chi connectivity index (χ4v) is 1.41. The summed E-state index contributed by atoms with van der Waals surface area (Å²) in [7, 11) is 0. The van der Waals surface area contributed by atoms with Crippen molar-refractivity contribution in [3.8, 4) is 0 Å². The molecule has 0 bridgehead atoms. The molecule has 0 atom stereocenters. The SMILES string of the molecule is FC(F)(F)c1cccc(N[CH]c2cccnc2)c1. The molecule has 0 aliphatic rings. The molecular formula is C13H10F3N2. The van der Waals surface area contributed by atoms with Crippen LogP contribution in [-0.2, 0) is 6.18 Å². The molecule has 0 amide bonds. The van der Waals surface area contributed by atoms with Gasteiger partial charge in [-0.25, -0.2) is 0 Å². The second-order valence-electron chi connectivity index (χ2n) is 3.65. The van der Waals surface area contributed by atoms with Gasteiger partial charge in [0.05, 0.1) is 12.1 Å². The van der Waals surface area contributed by atoms with Crippen LogP contribution in [0.1, 0.15) is 11.1 Å². The number of nitrogens with zero attached hydrogens (tertiary/aromatic N) is 1. The van der Waals surface area contributed by atoms with Gasteiger partial charge in [0.2, 0.25) is 0 Å². The summed E-state index contributed by atoms with van der Waals surface area (Å²) < 4.78 is 37.4. The van der Waals surface area contributed by atoms with Gasteiger partial charge in [0.25, 0.3) is 0 Å². The molecule has 5 heteroatoms. The van der Waals surface area contributed by atoms with Crippen molar-refractivity contribution in [2.45, 2.75) is 6.18 Å². The summed E-state index contributed by atoms with van der Waals surface area (Å²) in [6.45, 7) is 1.60. The molecule has 18 heavy (non-hydrogen) atoms. The van der Waals surface area contributed by atoms with Crippen LogP contribution in [0, 0.1) is 6.54 Å². The summed E-state index contributed by atoms with van der Waals surface area (Å²) in [5, 5.41) is 2.81. The predicted octanol–water partition coefficient (Wildman–Crippen LogP) is 3.72. The van der Waals surface area contributed by atoms with Gasteiger partial charge in [0, 0.05) is 18.1 Å². The smallest absolute Gasteiger partial charge is 0.376 e. The van der Waals surface area contributed by atoms with Gasteiger partial charge in [-0.05, 0) is 29.8 Å². The third-order valence-corrected chi connectivity index (χ3v) is 2.28. The van der Waals surface area contributed by atoms with Gasteiger partial charge in [-0.3, -0.25) is 4.98 Å². The summed E-state index contributed by atoms with van der Waals surface area (Å²) in [6, 6.07) is 8.58. The zero-order chi connectivity index (χ0) is 13.0. The lowest BCUT2D eigenvalue weighted by atomic mass is 10.2. The minimum Gasteiger partial charge on any atom is -0.376 e. The summed E-state index contributed by atoms with van der Waals surface area (Å²) in [5.41, 5.74) is 0.496. The third kappa shape index (κ3) is 3.23. The van der Waals surface area contributed by atoms with Crippen molar-refractivity contribution in [1.82, 2.24) is 4.98 Å². The van der Waals surface area contributed by atoms with E-state index in [2.05, 4.69) is 10.3 Å². The van der Waals surface area contributed by atoms with Gasteiger partial charge < -0.3 is 5.32 Å². The predicted molar refractivity (Wildman–Crippen MR) is 62.7 cm³/mol. The van der Waals surface area contributed by atoms with Crippen LogP contribution in [0.3, 0.4) is 0 Å². The average molecular weight is 251 g/mol. The fourth-order valence-electron chi connectivity index (χ4n) is 1.41. The Morgan fingerprint density at radius 3 is 2.61 bits per heavy atom. The van der Waals surface area contributed by atoms with Crippen molar-refractivity contribution in [3.05, 3.63) is 66.5 Å². The molecular weight excluding hydrogens is 241 g/mol. The van der Waals surface area contributed by atoms with Crippen LogP contribution in [0.5, 0.6) is 0 Å². The molecule has 0 saturated heterocycles. The Balaban J connectivity index is 2.06. The largest absolute Gasteiger partial charge is 0.416 e. The third-order valence-electron chi connectivity index (χ3n) is 2.28. The number of nitrogens with one attached hydrogen (secondary N) is 1. The molecule has 0 unspecified atom stereocenters. The first-order valence-electron chi connectivity index (χ1n) is 5.23. The average Bonchev–Trinajstić information content (AvgIpc) is 2.37. The number of hydrogen-bond donors (Lipinski definition) is 1. The highest BCUT2D eigenvalue weighted by Crippen LogP contribution is 2.30. The van der Waals surface area contributed by atoms with Crippen LogP contribution in [0.25, 0.3) is 0 Å². The Labute approximate surface area is 102 Å². The summed E-state index contributed by atoms with van der Waals surface area (Å²) >= 11 is 0. The van der Waals surface area contributed by atoms with Gasteiger partial charge in [-0.2, -0.15) is 13.2 Å². The molecule has 2 nitrogen and oxygen atoms in total. The minimum absolute atomic E-state index is 0.383. The van der Waals surface area contributed by atoms with Crippen molar-refractivity contribution >= 4 is 5.69 Å². The van der Waals surface area contributed by atoms with E-state index in [-0.39, 0.29) is 0 Å². The second-order valence-corrected chi connectivity index (χ2v) is 3.65. The molecule has 1 radical (unpaired) electrons. The van der Waals surface area contributed by atoms with E-state index in [0.717, 1.165) is 17.7 Å². The van der Waals surface area contributed by atoms with E-state index in [4.69, 9.17) is 0 Å². The molecule has 0 saturated carbocycles. The van der Waals surface area contributed by atoms with Gasteiger partial charge in [0.15, 0.2) is 0 Å². The minimum atomic E-state index is -4.33. The highest BCUT2D eigenvalue weighted by atomic mass is 19.4. The molecule has 0 aliphatic heterocycles. The molecule has 0 spiro atoms. The van der Waals surface area contributed by atoms with Crippen molar-refractivity contribution in [1.29, 1.82) is 0 Å². The molecule has 2 rings (SSSR count). The van der Waals surface area contributed by atoms with E-state index in [1.807, 2.05) is 0 Å². The molecule has 1 aromatic heterocycles. The van der Waals surface area contributed by atoms with E-state index in [0.29, 0.717) is 5.69 Å². The first kappa shape index (κ1) is 12.4. The van der Waals surface area contributed by atoms with Crippen molar-refractivity contribution in [2.75, 3.05) is 5.32 Å². The van der Waals surface area contributed by atoms with E-state index in [1.54, 1.807) is 37.1 Å². The van der Waals surface area contributed by atoms with Crippen LogP contribution in [-0.4, -0.2) is 4.98 Å². The van der Waals surface area contributed by atoms with Gasteiger partial charge in [-0.15, -0.1) is 0 Å². The monoisotopic (exact) mass is 251 g/mol. The van der Waals surface area contributed by atoms with E-state index in [9.17, 15) is 13.2 Å². The van der Waals surface area contributed by atoms with Gasteiger partial charge in [0.1, 0.15) is 0 Å². The number of benzene rings is 1. The molecule has 1 aromatic carbocycles. The lowest BCUT2D eigenvalue weighted by Crippen LogP contribution is -2.05. The molecule has 0 fully saturated rings. The van der Waals surface area contributed by atoms with Crippen LogP contribution >= 0.6 is 0 Å². The van der Waals surface area contributed by atoms with E-state index >= 15 is 0 Å². The highest BCUT2D eigenvalue weighted by Gasteiger charge is 2.30. The number of rotatable bonds is 3. The topological polar surface area (TPSA) is 24.9 Å². The number of hydrogen-bond acceptors (Lipinski definition) is 2. The lowest BCUT2D eigenvalue weighted by Gasteiger charge is -2.10. The standard InChI is InChI=1S/C13H10F3N2/c14-13(15,16)11-4-1-5-12(7-11)18-9-10-3-2-6-17-8-10/h1-9,18H. The first-order chi connectivity index (χ1) is 8.55. The van der Waals surface area contributed by atoms with Crippen LogP contribution in [0.2, 0.25) is 0 Å². The number of anilines is 1. The van der Waals surface area contributed by atoms with Gasteiger partial charge >= 0.3 is 6.18 Å². The number of halogens is 3. The van der Waals surface area contributed by atoms with Crippen molar-refractivity contribution in [2.24, 2.45) is 0 Å². The second kappa shape index (κ2) is 5.08. The maximum absolute atomic E-state index is 12.5. The zero-order valence-electron chi connectivity index (χ0n) is 9.28. The number of aromatic nitrogens is 1. The molecule has 1 heterocycles. The first-order valence-corrected chi connectivity index (χ1v) is 5.23. The molecule has 2 aromatic rings. The molecule has 1 N–H and O–H groups in total. The normalized spacial score (nSPS) is 11.3. The van der Waals surface area contributed by atoms with Gasteiger partial charge in [-0.1, -0.05) is 12.1 Å². The Kier molecular flexibility index (Phi) is 3.50. The van der Waals surface area contributed by atoms with Crippen LogP contribution in [0.4, 0.5) is 18.9 Å². The molecule has 0 aliphatic carbocycles. The Bertz CT molecular complexity index is 509. The summed E-state index contributed by atoms with van der Waals surface area (Å²) in [6.07, 6.45) is -1.09. The number of pyridine rings is 1. The Hall–Kier alpha value is -2.04. The Morgan fingerprint density at radius 1 is 1.11 bits per heavy atom. The number of alkyl halides is 3. The molecule has 93 valence electrons. The van der Waals surface area contributed by atoms with Crippen molar-refractivity contribution < 1.29 is 13.2 Å². The maximum atomic E-state index is 12.5. The Morgan fingerprint density at radius 2 is 1.94 bits per heavy atom.